The summed E-state index contributed by atoms with van der Waals surface area (Å²) in [5.74, 6) is 0.172. The first-order chi connectivity index (χ1) is 8.05. The molecule has 2 rings (SSSR count). The second kappa shape index (κ2) is 4.47. The van der Waals surface area contributed by atoms with Crippen LogP contribution in [0.25, 0.3) is 0 Å². The lowest BCUT2D eigenvalue weighted by Gasteiger charge is -2.41. The molecule has 3 heteroatoms. The van der Waals surface area contributed by atoms with E-state index in [0.717, 1.165) is 12.0 Å². The number of carbonyl (C=O) groups is 1. The van der Waals surface area contributed by atoms with Crippen LogP contribution in [0.1, 0.15) is 38.2 Å². The third-order valence-electron chi connectivity index (χ3n) is 3.99. The van der Waals surface area contributed by atoms with E-state index < -0.39 is 0 Å². The molecular weight excluding hydrogens is 217 g/mol. The summed E-state index contributed by atoms with van der Waals surface area (Å²) >= 11 is 0. The number of hydrogen-bond acceptors (Lipinski definition) is 1. The molecule has 1 fully saturated rings. The quantitative estimate of drug-likeness (QED) is 0.839. The normalized spacial score (nSPS) is 28.9. The Kier molecular flexibility index (Phi) is 3.18. The molecule has 17 heavy (non-hydrogen) atoms. The molecule has 0 radical (unpaired) electrons. The maximum atomic E-state index is 12.9. The van der Waals surface area contributed by atoms with E-state index in [1.54, 1.807) is 0 Å². The van der Waals surface area contributed by atoms with Crippen LogP contribution in [0.4, 0.5) is 4.39 Å². The van der Waals surface area contributed by atoms with Crippen LogP contribution in [0, 0.1) is 11.2 Å². The highest BCUT2D eigenvalue weighted by atomic mass is 19.1. The van der Waals surface area contributed by atoms with Gasteiger partial charge in [0.05, 0.1) is 0 Å². The molecule has 1 amide bonds. The van der Waals surface area contributed by atoms with Crippen molar-refractivity contribution in [3.63, 3.8) is 0 Å². The van der Waals surface area contributed by atoms with Crippen molar-refractivity contribution in [2.45, 2.75) is 32.6 Å². The van der Waals surface area contributed by atoms with E-state index in [1.807, 2.05) is 12.1 Å². The van der Waals surface area contributed by atoms with Crippen LogP contribution in [0.5, 0.6) is 0 Å². The molecule has 1 aromatic carbocycles. The first kappa shape index (κ1) is 12.1. The van der Waals surface area contributed by atoms with Gasteiger partial charge in [0.1, 0.15) is 5.82 Å². The van der Waals surface area contributed by atoms with Gasteiger partial charge in [0.25, 0.3) is 0 Å². The van der Waals surface area contributed by atoms with Crippen molar-refractivity contribution in [3.8, 4) is 0 Å². The number of benzene rings is 1. The average Bonchev–Trinajstić information content (AvgIpc) is 2.31. The molecule has 1 heterocycles. The van der Waals surface area contributed by atoms with Gasteiger partial charge in [0, 0.05) is 18.9 Å². The molecule has 1 aromatic rings. The summed E-state index contributed by atoms with van der Waals surface area (Å²) in [6, 6.07) is 6.63. The van der Waals surface area contributed by atoms with Crippen LogP contribution >= 0.6 is 0 Å². The van der Waals surface area contributed by atoms with Crippen molar-refractivity contribution in [2.75, 3.05) is 6.54 Å². The van der Waals surface area contributed by atoms with Crippen LogP contribution in [-0.4, -0.2) is 12.5 Å². The van der Waals surface area contributed by atoms with Crippen LogP contribution in [0.15, 0.2) is 24.3 Å². The number of rotatable bonds is 2. The van der Waals surface area contributed by atoms with Crippen molar-refractivity contribution in [1.82, 2.24) is 5.32 Å². The predicted octanol–water partition coefficient (Wildman–Crippen LogP) is 2.85. The fourth-order valence-corrected chi connectivity index (χ4v) is 2.60. The highest BCUT2D eigenvalue weighted by molar-refractivity contribution is 5.78. The molecule has 0 aromatic heterocycles. The Labute approximate surface area is 101 Å². The molecule has 1 saturated heterocycles. The zero-order valence-corrected chi connectivity index (χ0v) is 10.3. The van der Waals surface area contributed by atoms with E-state index in [2.05, 4.69) is 19.2 Å². The monoisotopic (exact) mass is 235 g/mol. The van der Waals surface area contributed by atoms with Gasteiger partial charge in [0.15, 0.2) is 0 Å². The van der Waals surface area contributed by atoms with Gasteiger partial charge in [-0.2, -0.15) is 0 Å². The largest absolute Gasteiger partial charge is 0.355 e. The number of piperidine rings is 1. The summed E-state index contributed by atoms with van der Waals surface area (Å²) in [7, 11) is 0. The van der Waals surface area contributed by atoms with Crippen LogP contribution in [0.3, 0.4) is 0 Å². The molecular formula is C14H18FNO. The molecule has 1 aliphatic rings. The number of carbonyl (C=O) groups excluding carboxylic acids is 1. The van der Waals surface area contributed by atoms with Crippen molar-refractivity contribution in [1.29, 1.82) is 0 Å². The minimum atomic E-state index is -0.216. The first-order valence-electron chi connectivity index (χ1n) is 6.07. The number of nitrogens with one attached hydrogen (secondary N) is 1. The van der Waals surface area contributed by atoms with Crippen molar-refractivity contribution >= 4 is 5.91 Å². The number of halogens is 1. The molecule has 1 aliphatic heterocycles. The van der Waals surface area contributed by atoms with Gasteiger partial charge in [-0.05, 0) is 29.5 Å². The maximum Gasteiger partial charge on any atom is 0.220 e. The Morgan fingerprint density at radius 3 is 2.65 bits per heavy atom. The predicted molar refractivity (Wildman–Crippen MR) is 65.2 cm³/mol. The van der Waals surface area contributed by atoms with Gasteiger partial charge >= 0.3 is 0 Å². The standard InChI is InChI=1S/C14H18FNO/c1-3-14(2)8-13(17)16-9-12(14)10-4-6-11(15)7-5-10/h4-7,12H,3,8-9H2,1-2H3,(H,16,17). The molecule has 0 saturated carbocycles. The van der Waals surface area contributed by atoms with Crippen LogP contribution < -0.4 is 5.32 Å². The summed E-state index contributed by atoms with van der Waals surface area (Å²) in [6.07, 6.45) is 1.49. The Balaban J connectivity index is 2.30. The number of amides is 1. The van der Waals surface area contributed by atoms with Crippen LogP contribution in [0.2, 0.25) is 0 Å². The summed E-state index contributed by atoms with van der Waals surface area (Å²) in [6.45, 7) is 4.89. The highest BCUT2D eigenvalue weighted by Crippen LogP contribution is 2.43. The SMILES string of the molecule is CCC1(C)CC(=O)NCC1c1ccc(F)cc1. The molecule has 1 N–H and O–H groups in total. The Morgan fingerprint density at radius 2 is 2.06 bits per heavy atom. The molecule has 0 spiro atoms. The second-order valence-corrected chi connectivity index (χ2v) is 5.09. The smallest absolute Gasteiger partial charge is 0.220 e. The van der Waals surface area contributed by atoms with Crippen molar-refractivity contribution < 1.29 is 9.18 Å². The van der Waals surface area contributed by atoms with Crippen molar-refractivity contribution in [3.05, 3.63) is 35.6 Å². The first-order valence-corrected chi connectivity index (χ1v) is 6.07. The minimum Gasteiger partial charge on any atom is -0.355 e. The molecule has 92 valence electrons. The van der Waals surface area contributed by atoms with Gasteiger partial charge in [-0.3, -0.25) is 4.79 Å². The average molecular weight is 235 g/mol. The van der Waals surface area contributed by atoms with E-state index in [1.165, 1.54) is 12.1 Å². The lowest BCUT2D eigenvalue weighted by atomic mass is 9.67. The Morgan fingerprint density at radius 1 is 1.41 bits per heavy atom. The van der Waals surface area contributed by atoms with E-state index >= 15 is 0 Å². The summed E-state index contributed by atoms with van der Waals surface area (Å²) < 4.78 is 12.9. The van der Waals surface area contributed by atoms with Gasteiger partial charge in [0.2, 0.25) is 5.91 Å². The number of hydrogen-bond donors (Lipinski definition) is 1. The molecule has 2 unspecified atom stereocenters. The van der Waals surface area contributed by atoms with E-state index in [0.29, 0.717) is 13.0 Å². The summed E-state index contributed by atoms with van der Waals surface area (Å²) in [5, 5.41) is 2.90. The minimum absolute atomic E-state index is 0.0276. The highest BCUT2D eigenvalue weighted by Gasteiger charge is 2.39. The third kappa shape index (κ3) is 2.33. The van der Waals surface area contributed by atoms with Gasteiger partial charge in [-0.1, -0.05) is 26.0 Å². The lowest BCUT2D eigenvalue weighted by Crippen LogP contribution is -2.45. The van der Waals surface area contributed by atoms with Gasteiger partial charge < -0.3 is 5.32 Å². The third-order valence-corrected chi connectivity index (χ3v) is 3.99. The molecule has 2 nitrogen and oxygen atoms in total. The maximum absolute atomic E-state index is 12.9. The fourth-order valence-electron chi connectivity index (χ4n) is 2.60. The fraction of sp³-hybridized carbons (Fsp3) is 0.500. The summed E-state index contributed by atoms with van der Waals surface area (Å²) in [5.41, 5.74) is 1.08. The van der Waals surface area contributed by atoms with Crippen LogP contribution in [-0.2, 0) is 4.79 Å². The molecule has 2 atom stereocenters. The zero-order chi connectivity index (χ0) is 12.5. The van der Waals surface area contributed by atoms with E-state index in [9.17, 15) is 9.18 Å². The Bertz CT molecular complexity index is 415. The Hall–Kier alpha value is -1.38. The molecule has 0 bridgehead atoms. The van der Waals surface area contributed by atoms with Crippen molar-refractivity contribution in [2.24, 2.45) is 5.41 Å². The topological polar surface area (TPSA) is 29.1 Å². The lowest BCUT2D eigenvalue weighted by molar-refractivity contribution is -0.126. The van der Waals surface area contributed by atoms with Gasteiger partial charge in [-0.15, -0.1) is 0 Å². The molecule has 0 aliphatic carbocycles. The van der Waals surface area contributed by atoms with Gasteiger partial charge in [-0.25, -0.2) is 4.39 Å². The van der Waals surface area contributed by atoms with E-state index in [-0.39, 0.29) is 23.1 Å². The second-order valence-electron chi connectivity index (χ2n) is 5.09. The zero-order valence-electron chi connectivity index (χ0n) is 10.3. The van der Waals surface area contributed by atoms with E-state index in [4.69, 9.17) is 0 Å². The summed E-state index contributed by atoms with van der Waals surface area (Å²) in [4.78, 5) is 11.5.